The van der Waals surface area contributed by atoms with Gasteiger partial charge in [0.2, 0.25) is 0 Å². The van der Waals surface area contributed by atoms with Crippen LogP contribution < -0.4 is 0 Å². The van der Waals surface area contributed by atoms with Crippen LogP contribution >= 0.6 is 11.6 Å². The van der Waals surface area contributed by atoms with Crippen molar-refractivity contribution >= 4 is 17.5 Å². The molecule has 0 bridgehead atoms. The average Bonchev–Trinajstić information content (AvgIpc) is 2.18. The summed E-state index contributed by atoms with van der Waals surface area (Å²) in [5.74, 6) is -0.0643. The number of pyridine rings is 1. The first-order chi connectivity index (χ1) is 7.07. The highest BCUT2D eigenvalue weighted by atomic mass is 35.5. The minimum atomic E-state index is -0.0643. The molecule has 1 aromatic rings. The lowest BCUT2D eigenvalue weighted by atomic mass is 10.2. The molecule has 82 valence electrons. The van der Waals surface area contributed by atoms with E-state index in [1.54, 1.807) is 17.2 Å². The molecule has 15 heavy (non-hydrogen) atoms. The summed E-state index contributed by atoms with van der Waals surface area (Å²) >= 11 is 5.94. The number of rotatable bonds is 3. The first kappa shape index (κ1) is 12.0. The average molecular weight is 227 g/mol. The molecule has 4 heteroatoms. The Morgan fingerprint density at radius 3 is 2.73 bits per heavy atom. The molecule has 0 aromatic carbocycles. The van der Waals surface area contributed by atoms with Crippen molar-refractivity contribution < 1.29 is 4.79 Å². The van der Waals surface area contributed by atoms with E-state index >= 15 is 0 Å². The van der Waals surface area contributed by atoms with Crippen LogP contribution in [0.2, 0.25) is 5.02 Å². The highest BCUT2D eigenvalue weighted by Crippen LogP contribution is 2.16. The fourth-order valence-corrected chi connectivity index (χ4v) is 1.62. The zero-order valence-corrected chi connectivity index (χ0v) is 9.95. The van der Waals surface area contributed by atoms with Crippen LogP contribution in [0.25, 0.3) is 0 Å². The SMILES string of the molecule is CCN(C(=O)c1cnccc1Cl)C(C)C. The molecular formula is C11H15ClN2O. The van der Waals surface area contributed by atoms with Crippen molar-refractivity contribution in [3.63, 3.8) is 0 Å². The van der Waals surface area contributed by atoms with E-state index in [2.05, 4.69) is 4.98 Å². The van der Waals surface area contributed by atoms with Crippen LogP contribution in [0.4, 0.5) is 0 Å². The highest BCUT2D eigenvalue weighted by molar-refractivity contribution is 6.33. The third-order valence-corrected chi connectivity index (χ3v) is 2.55. The van der Waals surface area contributed by atoms with E-state index in [1.165, 1.54) is 6.20 Å². The van der Waals surface area contributed by atoms with Crippen molar-refractivity contribution in [1.82, 2.24) is 9.88 Å². The van der Waals surface area contributed by atoms with Gasteiger partial charge in [0.05, 0.1) is 10.6 Å². The normalized spacial score (nSPS) is 10.5. The standard InChI is InChI=1S/C11H15ClN2O/c1-4-14(8(2)3)11(15)9-7-13-6-5-10(9)12/h5-8H,4H2,1-3H3. The molecule has 0 unspecified atom stereocenters. The number of nitrogens with zero attached hydrogens (tertiary/aromatic N) is 2. The predicted octanol–water partition coefficient (Wildman–Crippen LogP) is 2.61. The van der Waals surface area contributed by atoms with E-state index < -0.39 is 0 Å². The third kappa shape index (κ3) is 2.69. The minimum Gasteiger partial charge on any atom is -0.336 e. The van der Waals surface area contributed by atoms with Crippen LogP contribution in [0.5, 0.6) is 0 Å². The molecule has 0 spiro atoms. The van der Waals surface area contributed by atoms with Gasteiger partial charge in [0.1, 0.15) is 0 Å². The van der Waals surface area contributed by atoms with Crippen molar-refractivity contribution in [3.8, 4) is 0 Å². The lowest BCUT2D eigenvalue weighted by Crippen LogP contribution is -2.36. The van der Waals surface area contributed by atoms with Gasteiger partial charge in [-0.3, -0.25) is 9.78 Å². The zero-order valence-electron chi connectivity index (χ0n) is 9.20. The molecule has 0 aliphatic rings. The van der Waals surface area contributed by atoms with Crippen molar-refractivity contribution in [2.24, 2.45) is 0 Å². The summed E-state index contributed by atoms with van der Waals surface area (Å²) < 4.78 is 0. The monoisotopic (exact) mass is 226 g/mol. The molecule has 0 N–H and O–H groups in total. The molecule has 0 fully saturated rings. The molecule has 3 nitrogen and oxygen atoms in total. The van der Waals surface area contributed by atoms with E-state index in [0.29, 0.717) is 17.1 Å². The predicted molar refractivity (Wildman–Crippen MR) is 61.1 cm³/mol. The molecule has 1 rings (SSSR count). The topological polar surface area (TPSA) is 33.2 Å². The molecule has 0 saturated carbocycles. The molecule has 1 aromatic heterocycles. The van der Waals surface area contributed by atoms with Crippen LogP contribution in [0, 0.1) is 0 Å². The number of carbonyl (C=O) groups is 1. The summed E-state index contributed by atoms with van der Waals surface area (Å²) in [6, 6.07) is 1.79. The van der Waals surface area contributed by atoms with Crippen LogP contribution in [0.15, 0.2) is 18.5 Å². The summed E-state index contributed by atoms with van der Waals surface area (Å²) in [5, 5.41) is 0.453. The van der Waals surface area contributed by atoms with Gasteiger partial charge in [-0.1, -0.05) is 11.6 Å². The van der Waals surface area contributed by atoms with E-state index in [9.17, 15) is 4.79 Å². The second-order valence-electron chi connectivity index (χ2n) is 3.54. The second-order valence-corrected chi connectivity index (χ2v) is 3.95. The Labute approximate surface area is 95.1 Å². The zero-order chi connectivity index (χ0) is 11.4. The fourth-order valence-electron chi connectivity index (χ4n) is 1.43. The van der Waals surface area contributed by atoms with Crippen molar-refractivity contribution in [3.05, 3.63) is 29.0 Å². The largest absolute Gasteiger partial charge is 0.336 e. The molecule has 0 aliphatic heterocycles. The van der Waals surface area contributed by atoms with E-state index in [1.807, 2.05) is 20.8 Å². The molecule has 1 amide bonds. The maximum atomic E-state index is 12.0. The van der Waals surface area contributed by atoms with E-state index in [0.717, 1.165) is 0 Å². The lowest BCUT2D eigenvalue weighted by molar-refractivity contribution is 0.0716. The second kappa shape index (κ2) is 5.12. The minimum absolute atomic E-state index is 0.0643. The number of amides is 1. The van der Waals surface area contributed by atoms with Gasteiger partial charge >= 0.3 is 0 Å². The van der Waals surface area contributed by atoms with Crippen molar-refractivity contribution in [1.29, 1.82) is 0 Å². The van der Waals surface area contributed by atoms with E-state index in [-0.39, 0.29) is 11.9 Å². The molecule has 0 aliphatic carbocycles. The molecule has 0 radical (unpaired) electrons. The maximum Gasteiger partial charge on any atom is 0.257 e. The smallest absolute Gasteiger partial charge is 0.257 e. The summed E-state index contributed by atoms with van der Waals surface area (Å²) in [4.78, 5) is 17.7. The van der Waals surface area contributed by atoms with Crippen LogP contribution in [0.3, 0.4) is 0 Å². The Morgan fingerprint density at radius 1 is 1.60 bits per heavy atom. The molecular weight excluding hydrogens is 212 g/mol. The third-order valence-electron chi connectivity index (χ3n) is 2.22. The number of hydrogen-bond donors (Lipinski definition) is 0. The van der Waals surface area contributed by atoms with Gasteiger partial charge in [0.25, 0.3) is 5.91 Å². The van der Waals surface area contributed by atoms with Gasteiger partial charge in [-0.25, -0.2) is 0 Å². The fraction of sp³-hybridized carbons (Fsp3) is 0.455. The van der Waals surface area contributed by atoms with Crippen molar-refractivity contribution in [2.75, 3.05) is 6.54 Å². The summed E-state index contributed by atoms with van der Waals surface area (Å²) in [6.45, 7) is 6.57. The van der Waals surface area contributed by atoms with Gasteiger partial charge in [0.15, 0.2) is 0 Å². The van der Waals surface area contributed by atoms with Crippen LogP contribution in [-0.4, -0.2) is 28.4 Å². The number of hydrogen-bond acceptors (Lipinski definition) is 2. The van der Waals surface area contributed by atoms with E-state index in [4.69, 9.17) is 11.6 Å². The summed E-state index contributed by atoms with van der Waals surface area (Å²) in [7, 11) is 0. The molecule has 1 heterocycles. The molecule has 0 saturated heterocycles. The van der Waals surface area contributed by atoms with Gasteiger partial charge in [0, 0.05) is 25.0 Å². The Bertz CT molecular complexity index is 352. The Balaban J connectivity index is 2.98. The van der Waals surface area contributed by atoms with Crippen LogP contribution in [-0.2, 0) is 0 Å². The number of halogens is 1. The summed E-state index contributed by atoms with van der Waals surface area (Å²) in [6.07, 6.45) is 3.08. The number of carbonyl (C=O) groups excluding carboxylic acids is 1. The maximum absolute atomic E-state index is 12.0. The van der Waals surface area contributed by atoms with Gasteiger partial charge in [-0.05, 0) is 26.8 Å². The van der Waals surface area contributed by atoms with Gasteiger partial charge < -0.3 is 4.90 Å². The first-order valence-corrected chi connectivity index (χ1v) is 5.36. The van der Waals surface area contributed by atoms with Gasteiger partial charge in [-0.15, -0.1) is 0 Å². The Morgan fingerprint density at radius 2 is 2.27 bits per heavy atom. The van der Waals surface area contributed by atoms with Crippen LogP contribution in [0.1, 0.15) is 31.1 Å². The molecule has 0 atom stereocenters. The Hall–Kier alpha value is -1.09. The Kier molecular flexibility index (Phi) is 4.09. The summed E-state index contributed by atoms with van der Waals surface area (Å²) in [5.41, 5.74) is 0.467. The first-order valence-electron chi connectivity index (χ1n) is 4.98. The lowest BCUT2D eigenvalue weighted by Gasteiger charge is -2.25. The van der Waals surface area contributed by atoms with Gasteiger partial charge in [-0.2, -0.15) is 0 Å². The quantitative estimate of drug-likeness (QED) is 0.794. The number of aromatic nitrogens is 1. The highest BCUT2D eigenvalue weighted by Gasteiger charge is 2.19. The van der Waals surface area contributed by atoms with Crippen molar-refractivity contribution in [2.45, 2.75) is 26.8 Å².